The van der Waals surface area contributed by atoms with Gasteiger partial charge in [-0.3, -0.25) is 20.4 Å². The molecule has 0 unspecified atom stereocenters. The van der Waals surface area contributed by atoms with E-state index in [9.17, 15) is 9.59 Å². The molecule has 1 aromatic heterocycles. The number of hydrogen-bond donors (Lipinski definition) is 2. The molecular formula is C19H14BrN3O3. The lowest BCUT2D eigenvalue weighted by Gasteiger charge is -2.11. The van der Waals surface area contributed by atoms with Gasteiger partial charge in [0.25, 0.3) is 11.8 Å². The average molecular weight is 412 g/mol. The normalized spacial score (nSPS) is 10.0. The number of nitrogens with one attached hydrogen (secondary N) is 2. The summed E-state index contributed by atoms with van der Waals surface area (Å²) in [6.45, 7) is 0. The summed E-state index contributed by atoms with van der Waals surface area (Å²) >= 11 is 3.30. The van der Waals surface area contributed by atoms with E-state index in [-0.39, 0.29) is 11.4 Å². The third-order valence-corrected chi connectivity index (χ3v) is 3.90. The molecule has 26 heavy (non-hydrogen) atoms. The number of benzene rings is 2. The first-order valence-electron chi connectivity index (χ1n) is 7.67. The van der Waals surface area contributed by atoms with Crippen LogP contribution in [0.1, 0.15) is 20.7 Å². The van der Waals surface area contributed by atoms with Gasteiger partial charge in [-0.25, -0.2) is 4.98 Å². The molecule has 3 aromatic rings. The summed E-state index contributed by atoms with van der Waals surface area (Å²) in [5.41, 5.74) is 5.36. The maximum atomic E-state index is 12.4. The number of hydrogen-bond acceptors (Lipinski definition) is 4. The van der Waals surface area contributed by atoms with Gasteiger partial charge in [0.05, 0.1) is 0 Å². The SMILES string of the molecule is O=C(NNC(=O)c1cccnc1Oc1ccccc1)c1ccc(Br)cc1. The van der Waals surface area contributed by atoms with Crippen LogP contribution in [0, 0.1) is 0 Å². The molecule has 2 aromatic carbocycles. The smallest absolute Gasteiger partial charge is 0.275 e. The largest absolute Gasteiger partial charge is 0.438 e. The second-order valence-corrected chi connectivity index (χ2v) is 6.10. The Kier molecular flexibility index (Phi) is 5.60. The van der Waals surface area contributed by atoms with Gasteiger partial charge < -0.3 is 4.74 Å². The Morgan fingerprint density at radius 1 is 0.846 bits per heavy atom. The van der Waals surface area contributed by atoms with Crippen molar-refractivity contribution in [1.29, 1.82) is 0 Å². The molecule has 0 aliphatic rings. The van der Waals surface area contributed by atoms with Crippen molar-refractivity contribution in [3.05, 3.63) is 88.5 Å². The third kappa shape index (κ3) is 4.46. The molecule has 0 saturated carbocycles. The number of aromatic nitrogens is 1. The molecular weight excluding hydrogens is 398 g/mol. The number of carbonyl (C=O) groups is 2. The zero-order valence-electron chi connectivity index (χ0n) is 13.5. The molecule has 1 heterocycles. The molecule has 2 N–H and O–H groups in total. The number of ether oxygens (including phenoxy) is 1. The summed E-state index contributed by atoms with van der Waals surface area (Å²) in [5.74, 6) is -0.261. The number of amides is 2. The zero-order valence-corrected chi connectivity index (χ0v) is 15.1. The van der Waals surface area contributed by atoms with Crippen LogP contribution < -0.4 is 15.6 Å². The molecule has 0 radical (unpaired) electrons. The summed E-state index contributed by atoms with van der Waals surface area (Å²) in [4.78, 5) is 28.6. The monoisotopic (exact) mass is 411 g/mol. The first-order chi connectivity index (χ1) is 12.6. The maximum Gasteiger partial charge on any atom is 0.275 e. The molecule has 0 atom stereocenters. The van der Waals surface area contributed by atoms with Crippen molar-refractivity contribution in [3.8, 4) is 11.6 Å². The quantitative estimate of drug-likeness (QED) is 0.641. The number of rotatable bonds is 4. The topological polar surface area (TPSA) is 80.3 Å². The molecule has 0 saturated heterocycles. The molecule has 6 nitrogen and oxygen atoms in total. The molecule has 0 spiro atoms. The fourth-order valence-corrected chi connectivity index (χ4v) is 2.36. The van der Waals surface area contributed by atoms with Crippen LogP contribution in [0.25, 0.3) is 0 Å². The van der Waals surface area contributed by atoms with Gasteiger partial charge in [0.1, 0.15) is 11.3 Å². The minimum absolute atomic E-state index is 0.147. The van der Waals surface area contributed by atoms with Gasteiger partial charge in [-0.1, -0.05) is 34.1 Å². The van der Waals surface area contributed by atoms with E-state index in [1.165, 1.54) is 6.20 Å². The van der Waals surface area contributed by atoms with Crippen LogP contribution in [0.15, 0.2) is 77.4 Å². The van der Waals surface area contributed by atoms with E-state index in [2.05, 4.69) is 31.8 Å². The Labute approximate surface area is 158 Å². The van der Waals surface area contributed by atoms with Crippen LogP contribution in [0.4, 0.5) is 0 Å². The number of carbonyl (C=O) groups excluding carboxylic acids is 2. The van der Waals surface area contributed by atoms with Gasteiger partial charge in [0.15, 0.2) is 0 Å². The Bertz CT molecular complexity index is 915. The van der Waals surface area contributed by atoms with Crippen molar-refractivity contribution in [1.82, 2.24) is 15.8 Å². The van der Waals surface area contributed by atoms with Crippen molar-refractivity contribution >= 4 is 27.7 Å². The van der Waals surface area contributed by atoms with E-state index in [1.807, 2.05) is 18.2 Å². The van der Waals surface area contributed by atoms with E-state index in [0.717, 1.165) is 4.47 Å². The summed E-state index contributed by atoms with van der Waals surface area (Å²) in [6.07, 6.45) is 1.52. The summed E-state index contributed by atoms with van der Waals surface area (Å²) < 4.78 is 6.50. The second-order valence-electron chi connectivity index (χ2n) is 5.19. The Hall–Kier alpha value is -3.19. The van der Waals surface area contributed by atoms with Crippen LogP contribution in [-0.2, 0) is 0 Å². The molecule has 0 fully saturated rings. The molecule has 7 heteroatoms. The van der Waals surface area contributed by atoms with Gasteiger partial charge in [0, 0.05) is 16.2 Å². The lowest BCUT2D eigenvalue weighted by Crippen LogP contribution is -2.41. The highest BCUT2D eigenvalue weighted by Crippen LogP contribution is 2.22. The standard InChI is InChI=1S/C19H14BrN3O3/c20-14-10-8-13(9-11-14)17(24)22-23-18(25)16-7-4-12-21-19(16)26-15-5-2-1-3-6-15/h1-12H,(H,22,24)(H,23,25). The van der Waals surface area contributed by atoms with Gasteiger partial charge in [0.2, 0.25) is 5.88 Å². The number of para-hydroxylation sites is 1. The van der Waals surface area contributed by atoms with Crippen molar-refractivity contribution < 1.29 is 14.3 Å². The van der Waals surface area contributed by atoms with E-state index >= 15 is 0 Å². The Morgan fingerprint density at radius 2 is 1.54 bits per heavy atom. The highest BCUT2D eigenvalue weighted by molar-refractivity contribution is 9.10. The van der Waals surface area contributed by atoms with Crippen molar-refractivity contribution in [2.45, 2.75) is 0 Å². The molecule has 3 rings (SSSR count). The van der Waals surface area contributed by atoms with Crippen LogP contribution in [0.3, 0.4) is 0 Å². The average Bonchev–Trinajstić information content (AvgIpc) is 2.67. The van der Waals surface area contributed by atoms with Crippen molar-refractivity contribution in [2.75, 3.05) is 0 Å². The highest BCUT2D eigenvalue weighted by atomic mass is 79.9. The van der Waals surface area contributed by atoms with Gasteiger partial charge in [-0.2, -0.15) is 0 Å². The van der Waals surface area contributed by atoms with Gasteiger partial charge in [-0.15, -0.1) is 0 Å². The van der Waals surface area contributed by atoms with E-state index in [0.29, 0.717) is 11.3 Å². The lowest BCUT2D eigenvalue weighted by molar-refractivity contribution is 0.0845. The fraction of sp³-hybridized carbons (Fsp3) is 0. The van der Waals surface area contributed by atoms with Gasteiger partial charge in [-0.05, 0) is 48.5 Å². The number of hydrazine groups is 1. The second kappa shape index (κ2) is 8.26. The number of pyridine rings is 1. The van der Waals surface area contributed by atoms with Crippen LogP contribution in [0.5, 0.6) is 11.6 Å². The lowest BCUT2D eigenvalue weighted by atomic mass is 10.2. The third-order valence-electron chi connectivity index (χ3n) is 3.37. The predicted molar refractivity (Wildman–Crippen MR) is 99.8 cm³/mol. The minimum Gasteiger partial charge on any atom is -0.438 e. The maximum absolute atomic E-state index is 12.4. The zero-order chi connectivity index (χ0) is 18.4. The first-order valence-corrected chi connectivity index (χ1v) is 8.47. The van der Waals surface area contributed by atoms with Crippen molar-refractivity contribution in [2.24, 2.45) is 0 Å². The number of nitrogens with zero attached hydrogens (tertiary/aromatic N) is 1. The molecule has 130 valence electrons. The summed E-state index contributed by atoms with van der Waals surface area (Å²) in [7, 11) is 0. The molecule has 2 amide bonds. The predicted octanol–water partition coefficient (Wildman–Crippen LogP) is 3.71. The first kappa shape index (κ1) is 17.6. The van der Waals surface area contributed by atoms with Gasteiger partial charge >= 0.3 is 0 Å². The highest BCUT2D eigenvalue weighted by Gasteiger charge is 2.15. The molecule has 0 bridgehead atoms. The fourth-order valence-electron chi connectivity index (χ4n) is 2.10. The number of halogens is 1. The molecule has 0 aliphatic heterocycles. The summed E-state index contributed by atoms with van der Waals surface area (Å²) in [5, 5.41) is 0. The Morgan fingerprint density at radius 3 is 2.27 bits per heavy atom. The van der Waals surface area contributed by atoms with Crippen LogP contribution >= 0.6 is 15.9 Å². The van der Waals surface area contributed by atoms with Crippen LogP contribution in [-0.4, -0.2) is 16.8 Å². The van der Waals surface area contributed by atoms with Crippen LogP contribution in [0.2, 0.25) is 0 Å². The Balaban J connectivity index is 1.68. The summed E-state index contributed by atoms with van der Waals surface area (Å²) in [6, 6.07) is 18.9. The minimum atomic E-state index is -0.533. The van der Waals surface area contributed by atoms with E-state index in [1.54, 1.807) is 48.5 Å². The van der Waals surface area contributed by atoms with E-state index < -0.39 is 11.8 Å². The van der Waals surface area contributed by atoms with E-state index in [4.69, 9.17) is 4.74 Å². The molecule has 0 aliphatic carbocycles. The van der Waals surface area contributed by atoms with Crippen molar-refractivity contribution in [3.63, 3.8) is 0 Å².